The quantitative estimate of drug-likeness (QED) is 0.684. The van der Waals surface area contributed by atoms with Gasteiger partial charge in [0.25, 0.3) is 0 Å². The van der Waals surface area contributed by atoms with Crippen LogP contribution >= 0.6 is 0 Å². The fraction of sp³-hybridized carbons (Fsp3) is 0.231. The summed E-state index contributed by atoms with van der Waals surface area (Å²) in [5, 5.41) is 0. The van der Waals surface area contributed by atoms with Crippen LogP contribution in [0.2, 0.25) is 0 Å². The Labute approximate surface area is 85.4 Å². The predicted octanol–water partition coefficient (Wildman–Crippen LogP) is 2.61. The molecule has 1 aliphatic rings. The minimum absolute atomic E-state index is 0.502. The molecule has 0 spiro atoms. The molecule has 1 nitrogen and oxygen atoms in total. The van der Waals surface area contributed by atoms with E-state index in [1.54, 1.807) is 0 Å². The Bertz CT molecular complexity index is 338. The van der Waals surface area contributed by atoms with Crippen LogP contribution in [-0.2, 0) is 6.42 Å². The van der Waals surface area contributed by atoms with Crippen molar-refractivity contribution in [2.45, 2.75) is 12.5 Å². The molecule has 1 heterocycles. The van der Waals surface area contributed by atoms with E-state index in [0.29, 0.717) is 6.04 Å². The van der Waals surface area contributed by atoms with Crippen molar-refractivity contribution >= 4 is 0 Å². The van der Waals surface area contributed by atoms with Crippen LogP contribution in [0.25, 0.3) is 0 Å². The minimum atomic E-state index is 0.502. The number of hydrogen-bond acceptors (Lipinski definition) is 1. The van der Waals surface area contributed by atoms with Crippen LogP contribution in [0.5, 0.6) is 0 Å². The van der Waals surface area contributed by atoms with Crippen molar-refractivity contribution in [3.8, 4) is 0 Å². The minimum Gasteiger partial charge on any atom is -0.374 e. The molecular weight excluding hydrogens is 170 g/mol. The average molecular weight is 185 g/mol. The molecule has 0 fully saturated rings. The topological polar surface area (TPSA) is 3.24 Å². The van der Waals surface area contributed by atoms with Gasteiger partial charge < -0.3 is 4.90 Å². The summed E-state index contributed by atoms with van der Waals surface area (Å²) >= 11 is 0. The standard InChI is InChI=1S/C13H15N/c1-14-10-6-5-9-13(14)11-12-7-3-2-4-8-12/h2-10,13H,11H2,1H3. The summed E-state index contributed by atoms with van der Waals surface area (Å²) in [6.45, 7) is 0. The zero-order chi connectivity index (χ0) is 9.80. The molecule has 1 aromatic rings. The van der Waals surface area contributed by atoms with E-state index in [9.17, 15) is 0 Å². The molecule has 0 saturated heterocycles. The SMILES string of the molecule is CN1C=CC=CC1Cc1ccccc1. The van der Waals surface area contributed by atoms with Gasteiger partial charge >= 0.3 is 0 Å². The number of allylic oxidation sites excluding steroid dienone is 2. The number of nitrogens with zero attached hydrogens (tertiary/aromatic N) is 1. The molecular formula is C13H15N. The monoisotopic (exact) mass is 185 g/mol. The summed E-state index contributed by atoms with van der Waals surface area (Å²) in [4.78, 5) is 2.24. The summed E-state index contributed by atoms with van der Waals surface area (Å²) in [7, 11) is 2.12. The van der Waals surface area contributed by atoms with Crippen molar-refractivity contribution in [3.63, 3.8) is 0 Å². The van der Waals surface area contributed by atoms with Crippen molar-refractivity contribution in [3.05, 3.63) is 60.3 Å². The first-order valence-corrected chi connectivity index (χ1v) is 4.97. The summed E-state index contributed by atoms with van der Waals surface area (Å²) in [5.41, 5.74) is 1.39. The fourth-order valence-electron chi connectivity index (χ4n) is 1.69. The normalized spacial score (nSPS) is 20.1. The molecule has 1 aromatic carbocycles. The van der Waals surface area contributed by atoms with Gasteiger partial charge in [0.05, 0.1) is 6.04 Å². The Morgan fingerprint density at radius 2 is 1.93 bits per heavy atom. The largest absolute Gasteiger partial charge is 0.374 e. The average Bonchev–Trinajstić information content (AvgIpc) is 2.23. The van der Waals surface area contributed by atoms with Gasteiger partial charge in [0.2, 0.25) is 0 Å². The van der Waals surface area contributed by atoms with E-state index in [4.69, 9.17) is 0 Å². The van der Waals surface area contributed by atoms with Crippen LogP contribution in [0.1, 0.15) is 5.56 Å². The van der Waals surface area contributed by atoms with Crippen LogP contribution in [0, 0.1) is 0 Å². The molecule has 1 aliphatic heterocycles. The molecule has 1 atom stereocenters. The zero-order valence-corrected chi connectivity index (χ0v) is 8.43. The van der Waals surface area contributed by atoms with Gasteiger partial charge in [-0.15, -0.1) is 0 Å². The Morgan fingerprint density at radius 3 is 2.64 bits per heavy atom. The van der Waals surface area contributed by atoms with Crippen molar-refractivity contribution < 1.29 is 0 Å². The Balaban J connectivity index is 2.05. The molecule has 1 heteroatoms. The van der Waals surface area contributed by atoms with Gasteiger partial charge in [0, 0.05) is 7.05 Å². The second-order valence-electron chi connectivity index (χ2n) is 3.65. The van der Waals surface area contributed by atoms with Gasteiger partial charge in [-0.1, -0.05) is 42.5 Å². The molecule has 2 rings (SSSR count). The fourth-order valence-corrected chi connectivity index (χ4v) is 1.69. The molecule has 0 radical (unpaired) electrons. The maximum atomic E-state index is 2.24. The first-order valence-electron chi connectivity index (χ1n) is 4.97. The van der Waals surface area contributed by atoms with Gasteiger partial charge in [0.1, 0.15) is 0 Å². The highest BCUT2D eigenvalue weighted by Gasteiger charge is 2.10. The molecule has 0 amide bonds. The highest BCUT2D eigenvalue weighted by atomic mass is 15.1. The first kappa shape index (κ1) is 9.07. The van der Waals surface area contributed by atoms with Crippen LogP contribution in [0.3, 0.4) is 0 Å². The Kier molecular flexibility index (Phi) is 2.68. The lowest BCUT2D eigenvalue weighted by atomic mass is 10.0. The van der Waals surface area contributed by atoms with Crippen molar-refractivity contribution in [1.29, 1.82) is 0 Å². The van der Waals surface area contributed by atoms with Gasteiger partial charge in [-0.05, 0) is 24.3 Å². The van der Waals surface area contributed by atoms with E-state index in [-0.39, 0.29) is 0 Å². The van der Waals surface area contributed by atoms with Crippen LogP contribution in [-0.4, -0.2) is 18.0 Å². The lowest BCUT2D eigenvalue weighted by molar-refractivity contribution is 0.377. The van der Waals surface area contributed by atoms with E-state index < -0.39 is 0 Å². The van der Waals surface area contributed by atoms with E-state index in [2.05, 4.69) is 66.7 Å². The predicted molar refractivity (Wildman–Crippen MR) is 60.0 cm³/mol. The number of benzene rings is 1. The van der Waals surface area contributed by atoms with Crippen LogP contribution in [0.15, 0.2) is 54.8 Å². The molecule has 0 aliphatic carbocycles. The van der Waals surface area contributed by atoms with Gasteiger partial charge in [-0.2, -0.15) is 0 Å². The van der Waals surface area contributed by atoms with E-state index in [1.807, 2.05) is 0 Å². The molecule has 0 saturated carbocycles. The lowest BCUT2D eigenvalue weighted by Crippen LogP contribution is -2.28. The maximum Gasteiger partial charge on any atom is 0.0507 e. The van der Waals surface area contributed by atoms with Gasteiger partial charge in [0.15, 0.2) is 0 Å². The summed E-state index contributed by atoms with van der Waals surface area (Å²) in [6, 6.07) is 11.1. The highest BCUT2D eigenvalue weighted by molar-refractivity contribution is 5.20. The van der Waals surface area contributed by atoms with Gasteiger partial charge in [-0.3, -0.25) is 0 Å². The highest BCUT2D eigenvalue weighted by Crippen LogP contribution is 2.12. The van der Waals surface area contributed by atoms with Crippen molar-refractivity contribution in [2.24, 2.45) is 0 Å². The third kappa shape index (κ3) is 2.05. The molecule has 0 aromatic heterocycles. The summed E-state index contributed by atoms with van der Waals surface area (Å²) < 4.78 is 0. The number of rotatable bonds is 2. The number of likely N-dealkylation sites (N-methyl/N-ethyl adjacent to an activating group) is 1. The van der Waals surface area contributed by atoms with Crippen molar-refractivity contribution in [2.75, 3.05) is 7.05 Å². The van der Waals surface area contributed by atoms with E-state index >= 15 is 0 Å². The van der Waals surface area contributed by atoms with Gasteiger partial charge in [-0.25, -0.2) is 0 Å². The third-order valence-electron chi connectivity index (χ3n) is 2.58. The molecule has 1 unspecified atom stereocenters. The second-order valence-corrected chi connectivity index (χ2v) is 3.65. The molecule has 0 N–H and O–H groups in total. The lowest BCUT2D eigenvalue weighted by Gasteiger charge is -2.26. The Morgan fingerprint density at radius 1 is 1.14 bits per heavy atom. The smallest absolute Gasteiger partial charge is 0.0507 e. The third-order valence-corrected chi connectivity index (χ3v) is 2.58. The maximum absolute atomic E-state index is 2.24. The molecule has 72 valence electrons. The molecule has 0 bridgehead atoms. The molecule has 14 heavy (non-hydrogen) atoms. The summed E-state index contributed by atoms with van der Waals surface area (Å²) in [5.74, 6) is 0. The summed E-state index contributed by atoms with van der Waals surface area (Å²) in [6.07, 6.45) is 9.63. The second kappa shape index (κ2) is 4.14. The van der Waals surface area contributed by atoms with Crippen LogP contribution < -0.4 is 0 Å². The van der Waals surface area contributed by atoms with Crippen molar-refractivity contribution in [1.82, 2.24) is 4.90 Å². The number of hydrogen-bond donors (Lipinski definition) is 0. The zero-order valence-electron chi connectivity index (χ0n) is 8.43. The Hall–Kier alpha value is -1.50. The van der Waals surface area contributed by atoms with Crippen LogP contribution in [0.4, 0.5) is 0 Å². The first-order chi connectivity index (χ1) is 6.86. The van der Waals surface area contributed by atoms with E-state index in [1.165, 1.54) is 5.56 Å². The van der Waals surface area contributed by atoms with E-state index in [0.717, 1.165) is 6.42 Å².